The predicted octanol–water partition coefficient (Wildman–Crippen LogP) is 4.36. The van der Waals surface area contributed by atoms with E-state index in [1.165, 1.54) is 13.0 Å². The Balaban J connectivity index is 1.99. The second-order valence-corrected chi connectivity index (χ2v) is 16.1. The Morgan fingerprint density at radius 2 is 1.75 bits per heavy atom. The summed E-state index contributed by atoms with van der Waals surface area (Å²) in [5, 5.41) is 32.4. The number of esters is 1. The number of ether oxygens (including phenoxy) is 1. The van der Waals surface area contributed by atoms with Crippen molar-refractivity contribution in [2.24, 2.45) is 17.8 Å². The Morgan fingerprint density at radius 3 is 2.42 bits per heavy atom. The molecule has 0 saturated carbocycles. The van der Waals surface area contributed by atoms with Gasteiger partial charge in [-0.05, 0) is 94.9 Å². The lowest BCUT2D eigenvalue weighted by Crippen LogP contribution is -2.59. The molecule has 0 radical (unpaired) electrons. The average Bonchev–Trinajstić information content (AvgIpc) is 3.13. The van der Waals surface area contributed by atoms with E-state index in [1.54, 1.807) is 30.4 Å². The molecule has 1 fully saturated rings. The molecule has 13 heteroatoms. The van der Waals surface area contributed by atoms with Gasteiger partial charge in [0.25, 0.3) is 0 Å². The van der Waals surface area contributed by atoms with Crippen molar-refractivity contribution in [3.05, 3.63) is 77.9 Å². The van der Waals surface area contributed by atoms with Crippen molar-refractivity contribution in [1.29, 1.82) is 0 Å². The largest absolute Gasteiger partial charge is 0.508 e. The Kier molecular flexibility index (Phi) is 19.4. The van der Waals surface area contributed by atoms with Gasteiger partial charge in [0.2, 0.25) is 17.7 Å². The first-order valence-electron chi connectivity index (χ1n) is 20.3. The van der Waals surface area contributed by atoms with E-state index in [1.807, 2.05) is 76.9 Å². The summed E-state index contributed by atoms with van der Waals surface area (Å²) in [6, 6.07) is 4.67. The van der Waals surface area contributed by atoms with Crippen LogP contribution in [0, 0.1) is 17.8 Å². The summed E-state index contributed by atoms with van der Waals surface area (Å²) in [4.78, 5) is 65.9. The van der Waals surface area contributed by atoms with Gasteiger partial charge in [-0.1, -0.05) is 69.4 Å². The lowest BCUT2D eigenvalue weighted by Gasteiger charge is -2.36. The van der Waals surface area contributed by atoms with Crippen LogP contribution in [-0.2, 0) is 35.1 Å². The normalized spacial score (nSPS) is 28.7. The van der Waals surface area contributed by atoms with E-state index >= 15 is 0 Å². The number of ketones is 1. The monoisotopic (exact) mass is 791 g/mol. The van der Waals surface area contributed by atoms with Crippen LogP contribution in [0.1, 0.15) is 92.6 Å². The number of Topliss-reactive ketones (excluding diaryl/α,β-unsaturated/α-hetero) is 1. The molecule has 57 heavy (non-hydrogen) atoms. The molecule has 13 nitrogen and oxygen atoms in total. The molecule has 2 heterocycles. The average molecular weight is 792 g/mol. The number of cyclic esters (lactones) is 1. The minimum absolute atomic E-state index is 0.00684. The number of carbonyl (C=O) groups is 5. The van der Waals surface area contributed by atoms with E-state index in [0.29, 0.717) is 45.2 Å². The third-order valence-corrected chi connectivity index (χ3v) is 10.2. The number of nitrogens with one attached hydrogen (secondary N) is 4. The third kappa shape index (κ3) is 16.4. The molecule has 0 aliphatic carbocycles. The van der Waals surface area contributed by atoms with E-state index in [2.05, 4.69) is 21.4 Å². The van der Waals surface area contributed by atoms with Gasteiger partial charge in [0.1, 0.15) is 29.7 Å². The molecular formula is C44H65N5O8. The highest BCUT2D eigenvalue weighted by molar-refractivity contribution is 5.89. The molecule has 0 spiro atoms. The summed E-state index contributed by atoms with van der Waals surface area (Å²) in [5.41, 5.74) is 4.84. The van der Waals surface area contributed by atoms with Crippen LogP contribution in [0.2, 0.25) is 0 Å². The smallest absolute Gasteiger partial charge is 0.325 e. The number of allylic oxidation sites excluding steroid dienone is 5. The summed E-state index contributed by atoms with van der Waals surface area (Å²) in [5.74, 6) is -3.17. The summed E-state index contributed by atoms with van der Waals surface area (Å²) < 4.78 is 6.12. The number of phenols is 1. The molecule has 1 saturated heterocycles. The molecule has 2 aliphatic rings. The summed E-state index contributed by atoms with van der Waals surface area (Å²) in [6.07, 6.45) is 13.2. The highest BCUT2D eigenvalue weighted by Crippen LogP contribution is 2.24. The maximum absolute atomic E-state index is 14.1. The fraction of sp³-hybridized carbons (Fsp3) is 0.568. The molecule has 1 aromatic rings. The third-order valence-electron chi connectivity index (χ3n) is 10.2. The van der Waals surface area contributed by atoms with Gasteiger partial charge < -0.3 is 35.7 Å². The number of hydrogen-bond donors (Lipinski definition) is 6. The number of nitrogens with zero attached hydrogens (tertiary/aromatic N) is 1. The molecule has 8 atom stereocenters. The van der Waals surface area contributed by atoms with Crippen LogP contribution in [0.15, 0.2) is 72.4 Å². The number of aliphatic hydroxyl groups excluding tert-OH is 1. The van der Waals surface area contributed by atoms with Crippen LogP contribution in [0.25, 0.3) is 0 Å². The first kappa shape index (κ1) is 46.8. The van der Waals surface area contributed by atoms with Gasteiger partial charge in [-0.3, -0.25) is 19.2 Å². The number of aromatic hydroxyl groups is 1. The van der Waals surface area contributed by atoms with Gasteiger partial charge in [0.05, 0.1) is 12.0 Å². The number of rotatable bonds is 10. The van der Waals surface area contributed by atoms with Crippen molar-refractivity contribution < 1.29 is 38.9 Å². The van der Waals surface area contributed by atoms with Crippen LogP contribution in [0.3, 0.4) is 0 Å². The fourth-order valence-electron chi connectivity index (χ4n) is 6.91. The molecule has 2 aliphatic heterocycles. The number of carbonyl (C=O) groups excluding carboxylic acids is 5. The van der Waals surface area contributed by atoms with Crippen molar-refractivity contribution in [2.75, 3.05) is 13.1 Å². The number of fused-ring (bicyclic) bond motifs is 2. The quantitative estimate of drug-likeness (QED) is 0.113. The SMILES string of the molecule is CC(=O)CC[C@H]1C(=O)N[C@@H](C(C)C)C(=O)N[C@@H](Cc2cccc(O)c2)CN2CCCC(N2)C(=O)O[C@H](/C(C)=C/C=C/C(=O)NC(C)C)C/C=C/C=C/C[C@H](C)[C@H]1O. The molecule has 314 valence electrons. The van der Waals surface area contributed by atoms with E-state index in [9.17, 15) is 34.2 Å². The summed E-state index contributed by atoms with van der Waals surface area (Å²) in [6.45, 7) is 13.4. The highest BCUT2D eigenvalue weighted by Gasteiger charge is 2.35. The topological polar surface area (TPSA) is 186 Å². The second-order valence-electron chi connectivity index (χ2n) is 16.1. The van der Waals surface area contributed by atoms with Crippen LogP contribution < -0.4 is 21.4 Å². The number of hydrazine groups is 1. The minimum Gasteiger partial charge on any atom is -0.508 e. The summed E-state index contributed by atoms with van der Waals surface area (Å²) >= 11 is 0. The zero-order valence-corrected chi connectivity index (χ0v) is 34.7. The number of amides is 3. The number of aliphatic hydroxyl groups is 1. The van der Waals surface area contributed by atoms with Crippen LogP contribution in [0.5, 0.6) is 5.75 Å². The molecule has 0 aromatic heterocycles. The van der Waals surface area contributed by atoms with Crippen molar-refractivity contribution in [1.82, 2.24) is 26.4 Å². The molecule has 3 amide bonds. The van der Waals surface area contributed by atoms with Crippen LogP contribution in [-0.4, -0.2) is 94.2 Å². The number of benzene rings is 1. The Labute approximate surface area is 338 Å². The van der Waals surface area contributed by atoms with Gasteiger partial charge in [-0.25, -0.2) is 10.4 Å². The maximum atomic E-state index is 14.1. The molecule has 6 N–H and O–H groups in total. The Hall–Kier alpha value is -4.59. The zero-order chi connectivity index (χ0) is 42.1. The van der Waals surface area contributed by atoms with Gasteiger partial charge >= 0.3 is 5.97 Å². The maximum Gasteiger partial charge on any atom is 0.325 e. The van der Waals surface area contributed by atoms with E-state index in [0.717, 1.165) is 11.1 Å². The first-order chi connectivity index (χ1) is 27.0. The fourth-order valence-corrected chi connectivity index (χ4v) is 6.91. The Bertz CT molecular complexity index is 1640. The minimum atomic E-state index is -1.09. The van der Waals surface area contributed by atoms with Gasteiger partial charge in [0, 0.05) is 44.1 Å². The Morgan fingerprint density at radius 1 is 1.04 bits per heavy atom. The lowest BCUT2D eigenvalue weighted by molar-refractivity contribution is -0.153. The van der Waals surface area contributed by atoms with Gasteiger partial charge in [0.15, 0.2) is 0 Å². The van der Waals surface area contributed by atoms with Crippen LogP contribution >= 0.6 is 0 Å². The number of phenolic OH excluding ortho intramolecular Hbond substituents is 1. The van der Waals surface area contributed by atoms with E-state index in [4.69, 9.17) is 4.74 Å². The molecule has 3 rings (SSSR count). The molecule has 1 aromatic carbocycles. The predicted molar refractivity (Wildman–Crippen MR) is 220 cm³/mol. The van der Waals surface area contributed by atoms with Crippen molar-refractivity contribution >= 4 is 29.5 Å². The zero-order valence-electron chi connectivity index (χ0n) is 34.7. The standard InChI is InChI=1S/C44H65N5O8/c1-28(2)40-43(55)46-34(25-33-17-13-18-35(51)26-33)27-49-24-14-19-37(48-49)44(56)57-38(30(5)16-12-21-39(52)45-29(3)4)20-11-9-8-10-15-31(6)41(53)36(42(54)47-40)23-22-32(7)50/h8-13,16-18,21,26,28-29,31,34,36-38,40-41,48,51,53H,14-15,19-20,22-25,27H2,1-7H3,(H,45,52)(H,46,55)(H,47,54)/b10-8+,11-9+,21-12+,30-16+/t31-,34-,36+,37?,38-,40-,41+/m0/s1. The van der Waals surface area contributed by atoms with Crippen LogP contribution in [0.4, 0.5) is 0 Å². The molecule has 2 unspecified atom stereocenters. The lowest BCUT2D eigenvalue weighted by atomic mass is 9.85. The van der Waals surface area contributed by atoms with Crippen molar-refractivity contribution in [3.63, 3.8) is 0 Å². The van der Waals surface area contributed by atoms with Gasteiger partial charge in [-0.2, -0.15) is 0 Å². The van der Waals surface area contributed by atoms with Crippen molar-refractivity contribution in [2.45, 2.75) is 130 Å². The molecular weight excluding hydrogens is 727 g/mol. The first-order valence-corrected chi connectivity index (χ1v) is 20.3. The van der Waals surface area contributed by atoms with Crippen molar-refractivity contribution in [3.8, 4) is 5.75 Å². The van der Waals surface area contributed by atoms with E-state index in [-0.39, 0.29) is 48.2 Å². The highest BCUT2D eigenvalue weighted by atomic mass is 16.5. The van der Waals surface area contributed by atoms with Gasteiger partial charge in [-0.15, -0.1) is 0 Å². The molecule has 2 bridgehead atoms. The van der Waals surface area contributed by atoms with E-state index < -0.39 is 54.0 Å². The number of hydrogen-bond acceptors (Lipinski definition) is 10. The summed E-state index contributed by atoms with van der Waals surface area (Å²) in [7, 11) is 0. The second kappa shape index (κ2) is 23.6.